The molecule has 0 aliphatic rings. The molecule has 1 nitrogen and oxygen atoms in total. The number of carbonyl (C=O) groups is 1. The minimum atomic E-state index is -5.09. The highest BCUT2D eigenvalue weighted by Gasteiger charge is 2.42. The second-order valence-electron chi connectivity index (χ2n) is 6.09. The zero-order chi connectivity index (χ0) is 21.2. The normalized spacial score (nSPS) is 12.5. The molecule has 3 aromatic carbocycles. The van der Waals surface area contributed by atoms with E-state index in [4.69, 9.17) is 0 Å². The van der Waals surface area contributed by atoms with Crippen LogP contribution in [0.4, 0.5) is 26.3 Å². The highest BCUT2D eigenvalue weighted by molar-refractivity contribution is 7.66. The van der Waals surface area contributed by atoms with Gasteiger partial charge in [0, 0.05) is 5.56 Å². The Kier molecular flexibility index (Phi) is 5.80. The summed E-state index contributed by atoms with van der Waals surface area (Å²) in [5, 5.41) is 0.369. The van der Waals surface area contributed by atoms with Crippen LogP contribution in [0.3, 0.4) is 0 Å². The van der Waals surface area contributed by atoms with Gasteiger partial charge in [0.25, 0.3) is 0 Å². The van der Waals surface area contributed by atoms with Gasteiger partial charge in [0.2, 0.25) is 0 Å². The molecule has 1 unspecified atom stereocenters. The summed E-state index contributed by atoms with van der Waals surface area (Å²) in [6.45, 7) is 0. The van der Waals surface area contributed by atoms with Gasteiger partial charge in [0.15, 0.2) is 5.52 Å². The standard InChI is InChI=1S/C21H13F6OP/c22-20(23,24)15-10-6-11-16(21(25,26)27)18(15)19(28)29-17-12-5-4-9-14(17)13-7-2-1-3-8-13/h1-12,29H. The zero-order valence-electron chi connectivity index (χ0n) is 14.6. The average molecular weight is 426 g/mol. The van der Waals surface area contributed by atoms with Gasteiger partial charge in [-0.3, -0.25) is 4.79 Å². The van der Waals surface area contributed by atoms with Gasteiger partial charge in [-0.15, -0.1) is 0 Å². The van der Waals surface area contributed by atoms with Crippen molar-refractivity contribution in [3.05, 3.63) is 89.5 Å². The highest BCUT2D eigenvalue weighted by Crippen LogP contribution is 2.42. The summed E-state index contributed by atoms with van der Waals surface area (Å²) in [6, 6.07) is 16.9. The number of rotatable bonds is 4. The van der Waals surface area contributed by atoms with E-state index in [-0.39, 0.29) is 0 Å². The molecular formula is C21H13F6OP. The fraction of sp³-hybridized carbons (Fsp3) is 0.0952. The molecular weight excluding hydrogens is 413 g/mol. The van der Waals surface area contributed by atoms with E-state index in [1.807, 2.05) is 0 Å². The molecule has 150 valence electrons. The van der Waals surface area contributed by atoms with Gasteiger partial charge < -0.3 is 0 Å². The van der Waals surface area contributed by atoms with Crippen molar-refractivity contribution < 1.29 is 31.1 Å². The first kappa shape index (κ1) is 21.1. The maximum Gasteiger partial charge on any atom is 0.417 e. The zero-order valence-corrected chi connectivity index (χ0v) is 15.6. The number of halogens is 6. The quantitative estimate of drug-likeness (QED) is 0.342. The molecule has 3 rings (SSSR count). The maximum atomic E-state index is 13.3. The first-order chi connectivity index (χ1) is 13.6. The van der Waals surface area contributed by atoms with Crippen LogP contribution in [0.25, 0.3) is 11.1 Å². The Morgan fingerprint density at radius 3 is 1.72 bits per heavy atom. The Hall–Kier alpha value is -2.66. The minimum Gasteiger partial charge on any atom is -0.289 e. The number of alkyl halides is 6. The van der Waals surface area contributed by atoms with Gasteiger partial charge in [-0.1, -0.05) is 60.7 Å². The molecule has 0 bridgehead atoms. The summed E-state index contributed by atoms with van der Waals surface area (Å²) in [5.41, 5.74) is -4.42. The fourth-order valence-corrected chi connectivity index (χ4v) is 4.10. The van der Waals surface area contributed by atoms with Gasteiger partial charge in [0.1, 0.15) is 0 Å². The Balaban J connectivity index is 2.10. The Morgan fingerprint density at radius 2 is 1.17 bits per heavy atom. The summed E-state index contributed by atoms with van der Waals surface area (Å²) in [6.07, 6.45) is -10.2. The smallest absolute Gasteiger partial charge is 0.289 e. The third kappa shape index (κ3) is 4.67. The molecule has 3 aromatic rings. The minimum absolute atomic E-state index is 0.369. The van der Waals surface area contributed by atoms with Crippen LogP contribution in [0.2, 0.25) is 0 Å². The molecule has 0 aromatic heterocycles. The van der Waals surface area contributed by atoms with Gasteiger partial charge >= 0.3 is 12.4 Å². The van der Waals surface area contributed by atoms with Crippen molar-refractivity contribution in [1.82, 2.24) is 0 Å². The van der Waals surface area contributed by atoms with Crippen molar-refractivity contribution in [3.63, 3.8) is 0 Å². The van der Waals surface area contributed by atoms with Crippen LogP contribution >= 0.6 is 8.58 Å². The lowest BCUT2D eigenvalue weighted by Gasteiger charge is -2.18. The largest absolute Gasteiger partial charge is 0.417 e. The summed E-state index contributed by atoms with van der Waals surface area (Å²) in [4.78, 5) is 12.7. The van der Waals surface area contributed by atoms with Crippen LogP contribution in [0.15, 0.2) is 72.8 Å². The topological polar surface area (TPSA) is 17.1 Å². The lowest BCUT2D eigenvalue weighted by Crippen LogP contribution is -2.19. The maximum absolute atomic E-state index is 13.3. The molecule has 0 spiro atoms. The number of hydrogen-bond donors (Lipinski definition) is 0. The van der Waals surface area contributed by atoms with Gasteiger partial charge in [-0.05, 0) is 37.1 Å². The predicted octanol–water partition coefficient (Wildman–Crippen LogP) is 6.54. The van der Waals surface area contributed by atoms with Crippen LogP contribution in [-0.2, 0) is 12.4 Å². The number of carbonyl (C=O) groups excluding carboxylic acids is 1. The van der Waals surface area contributed by atoms with Crippen molar-refractivity contribution >= 4 is 19.4 Å². The molecule has 1 atom stereocenters. The lowest BCUT2D eigenvalue weighted by atomic mass is 10.0. The molecule has 0 N–H and O–H groups in total. The molecule has 29 heavy (non-hydrogen) atoms. The molecule has 0 aliphatic heterocycles. The molecule has 0 amide bonds. The third-order valence-electron chi connectivity index (χ3n) is 4.16. The van der Waals surface area contributed by atoms with Crippen LogP contribution in [-0.4, -0.2) is 5.52 Å². The van der Waals surface area contributed by atoms with Crippen LogP contribution in [0, 0.1) is 0 Å². The SMILES string of the molecule is O=C(Pc1ccccc1-c1ccccc1)c1c(C(F)(F)F)cccc1C(F)(F)F. The number of hydrogen-bond acceptors (Lipinski definition) is 1. The van der Waals surface area contributed by atoms with Gasteiger partial charge in [-0.25, -0.2) is 0 Å². The van der Waals surface area contributed by atoms with Crippen LogP contribution in [0.5, 0.6) is 0 Å². The van der Waals surface area contributed by atoms with Crippen molar-refractivity contribution in [1.29, 1.82) is 0 Å². The molecule has 0 fully saturated rings. The molecule has 0 saturated carbocycles. The van der Waals surface area contributed by atoms with Gasteiger partial charge in [0.05, 0.1) is 11.1 Å². The molecule has 0 heterocycles. The summed E-state index contributed by atoms with van der Waals surface area (Å²) >= 11 is 0. The van der Waals surface area contributed by atoms with E-state index >= 15 is 0 Å². The van der Waals surface area contributed by atoms with E-state index < -0.39 is 43.1 Å². The van der Waals surface area contributed by atoms with E-state index in [0.717, 1.165) is 0 Å². The predicted molar refractivity (Wildman–Crippen MR) is 101 cm³/mol. The second kappa shape index (κ2) is 7.99. The fourth-order valence-electron chi connectivity index (χ4n) is 2.92. The molecule has 8 heteroatoms. The van der Waals surface area contributed by atoms with Crippen molar-refractivity contribution in [2.45, 2.75) is 12.4 Å². The lowest BCUT2D eigenvalue weighted by molar-refractivity contribution is -0.143. The van der Waals surface area contributed by atoms with Crippen molar-refractivity contribution in [2.24, 2.45) is 0 Å². The van der Waals surface area contributed by atoms with Crippen LogP contribution in [0.1, 0.15) is 21.5 Å². The van der Waals surface area contributed by atoms with E-state index in [9.17, 15) is 31.1 Å². The molecule has 0 aliphatic carbocycles. The summed E-state index contributed by atoms with van der Waals surface area (Å²) in [7, 11) is -0.908. The Labute approximate surface area is 164 Å². The van der Waals surface area contributed by atoms with E-state index in [1.165, 1.54) is 6.07 Å². The first-order valence-electron chi connectivity index (χ1n) is 8.32. The third-order valence-corrected chi connectivity index (χ3v) is 5.34. The first-order valence-corrected chi connectivity index (χ1v) is 9.32. The Bertz CT molecular complexity index is 993. The second-order valence-corrected chi connectivity index (χ2v) is 7.33. The summed E-state index contributed by atoms with van der Waals surface area (Å²) < 4.78 is 80.1. The van der Waals surface area contributed by atoms with E-state index in [0.29, 0.717) is 34.6 Å². The monoisotopic (exact) mass is 426 g/mol. The summed E-state index contributed by atoms with van der Waals surface area (Å²) in [5.74, 6) is 0. The van der Waals surface area contributed by atoms with Gasteiger partial charge in [-0.2, -0.15) is 26.3 Å². The number of benzene rings is 3. The molecule has 0 saturated heterocycles. The highest BCUT2D eigenvalue weighted by atomic mass is 31.1. The van der Waals surface area contributed by atoms with Crippen molar-refractivity contribution in [3.8, 4) is 11.1 Å². The van der Waals surface area contributed by atoms with E-state index in [1.54, 1.807) is 48.5 Å². The van der Waals surface area contributed by atoms with Crippen LogP contribution < -0.4 is 5.30 Å². The van der Waals surface area contributed by atoms with Crippen molar-refractivity contribution in [2.75, 3.05) is 0 Å². The Morgan fingerprint density at radius 1 is 0.655 bits per heavy atom. The average Bonchev–Trinajstić information content (AvgIpc) is 2.67. The molecule has 0 radical (unpaired) electrons. The van der Waals surface area contributed by atoms with E-state index in [2.05, 4.69) is 0 Å².